The molecule has 2 aromatic carbocycles. The molecule has 0 saturated carbocycles. The molecule has 0 atom stereocenters. The lowest BCUT2D eigenvalue weighted by atomic mass is 10.2. The number of hydrogen-bond acceptors (Lipinski definition) is 7. The minimum Gasteiger partial charge on any atom is -0.330 e. The van der Waals surface area contributed by atoms with Crippen molar-refractivity contribution < 1.29 is 0 Å². The summed E-state index contributed by atoms with van der Waals surface area (Å²) in [5, 5.41) is 13.1. The number of aryl methyl sites for hydroxylation is 1. The molecule has 6 nitrogen and oxygen atoms in total. The zero-order valence-electron chi connectivity index (χ0n) is 14.8. The van der Waals surface area contributed by atoms with Crippen molar-refractivity contribution in [3.63, 3.8) is 0 Å². The lowest BCUT2D eigenvalue weighted by Gasteiger charge is -2.07. The van der Waals surface area contributed by atoms with Gasteiger partial charge in [-0.15, -0.1) is 10.2 Å². The van der Waals surface area contributed by atoms with E-state index in [0.717, 1.165) is 20.7 Å². The molecule has 1 N–H and O–H groups in total. The van der Waals surface area contributed by atoms with Gasteiger partial charge < -0.3 is 5.32 Å². The minimum absolute atomic E-state index is 0.0322. The first-order chi connectivity index (χ1) is 13.1. The van der Waals surface area contributed by atoms with E-state index in [0.29, 0.717) is 17.0 Å². The Morgan fingerprint density at radius 3 is 2.85 bits per heavy atom. The topological polar surface area (TPSA) is 72.7 Å². The molecule has 0 bridgehead atoms. The average molecular weight is 396 g/mol. The number of hydrogen-bond donors (Lipinski definition) is 1. The molecule has 27 heavy (non-hydrogen) atoms. The van der Waals surface area contributed by atoms with Gasteiger partial charge in [-0.05, 0) is 36.8 Å². The second-order valence-electron chi connectivity index (χ2n) is 6.07. The van der Waals surface area contributed by atoms with Gasteiger partial charge in [-0.1, -0.05) is 47.4 Å². The number of benzene rings is 2. The van der Waals surface area contributed by atoms with Crippen molar-refractivity contribution in [2.45, 2.75) is 17.0 Å². The smallest absolute Gasteiger partial charge is 0.261 e. The van der Waals surface area contributed by atoms with Gasteiger partial charge in [-0.2, -0.15) is 0 Å². The predicted octanol–water partition coefficient (Wildman–Crippen LogP) is 4.13. The molecule has 8 heteroatoms. The molecule has 0 aliphatic rings. The fourth-order valence-electron chi connectivity index (χ4n) is 2.68. The van der Waals surface area contributed by atoms with E-state index in [1.807, 2.05) is 43.3 Å². The van der Waals surface area contributed by atoms with Gasteiger partial charge in [-0.3, -0.25) is 9.36 Å². The molecule has 4 aromatic rings. The first-order valence-corrected chi connectivity index (χ1v) is 10.1. The maximum atomic E-state index is 12.5. The average Bonchev–Trinajstić information content (AvgIpc) is 3.11. The Labute approximate surface area is 164 Å². The summed E-state index contributed by atoms with van der Waals surface area (Å²) >= 11 is 3.00. The van der Waals surface area contributed by atoms with Gasteiger partial charge in [0.2, 0.25) is 5.13 Å². The standard InChI is InChI=1S/C19H17N5OS2/c1-12-6-5-7-13(10-12)20-18-22-23-19(27-18)26-11-16-21-15-9-4-3-8-14(15)17(25)24(16)2/h3-10H,11H2,1-2H3,(H,20,22). The summed E-state index contributed by atoms with van der Waals surface area (Å²) in [6.07, 6.45) is 0. The van der Waals surface area contributed by atoms with Crippen LogP contribution in [0.15, 0.2) is 57.7 Å². The molecule has 0 unspecified atom stereocenters. The van der Waals surface area contributed by atoms with Crippen LogP contribution in [0.4, 0.5) is 10.8 Å². The second-order valence-corrected chi connectivity index (χ2v) is 8.27. The Morgan fingerprint density at radius 2 is 2.00 bits per heavy atom. The number of anilines is 2. The molecule has 0 aliphatic carbocycles. The van der Waals surface area contributed by atoms with Crippen molar-refractivity contribution >= 4 is 44.8 Å². The number of para-hydroxylation sites is 1. The first-order valence-electron chi connectivity index (χ1n) is 8.35. The van der Waals surface area contributed by atoms with Crippen LogP contribution in [0.5, 0.6) is 0 Å². The van der Waals surface area contributed by atoms with Gasteiger partial charge in [0.15, 0.2) is 4.34 Å². The Balaban J connectivity index is 1.50. The minimum atomic E-state index is -0.0322. The Morgan fingerprint density at radius 1 is 1.15 bits per heavy atom. The van der Waals surface area contributed by atoms with Gasteiger partial charge in [0.05, 0.1) is 16.7 Å². The number of nitrogens with zero attached hydrogens (tertiary/aromatic N) is 4. The van der Waals surface area contributed by atoms with Gasteiger partial charge in [0, 0.05) is 12.7 Å². The number of rotatable bonds is 5. The molecule has 0 radical (unpaired) electrons. The summed E-state index contributed by atoms with van der Waals surface area (Å²) in [6, 6.07) is 15.5. The number of aromatic nitrogens is 4. The largest absolute Gasteiger partial charge is 0.330 e. The molecular formula is C19H17N5OS2. The second kappa shape index (κ2) is 7.50. The summed E-state index contributed by atoms with van der Waals surface area (Å²) in [7, 11) is 1.75. The lowest BCUT2D eigenvalue weighted by molar-refractivity contribution is 0.785. The molecular weight excluding hydrogens is 378 g/mol. The zero-order chi connectivity index (χ0) is 18.8. The van der Waals surface area contributed by atoms with Crippen LogP contribution in [0.25, 0.3) is 10.9 Å². The predicted molar refractivity (Wildman–Crippen MR) is 111 cm³/mol. The Hall–Kier alpha value is -2.71. The van der Waals surface area contributed by atoms with Crippen molar-refractivity contribution in [3.8, 4) is 0 Å². The van der Waals surface area contributed by atoms with Gasteiger partial charge in [0.1, 0.15) is 5.82 Å². The maximum Gasteiger partial charge on any atom is 0.261 e. The summed E-state index contributed by atoms with van der Waals surface area (Å²) in [6.45, 7) is 2.05. The van der Waals surface area contributed by atoms with E-state index in [-0.39, 0.29) is 5.56 Å². The third kappa shape index (κ3) is 3.86. The van der Waals surface area contributed by atoms with Crippen molar-refractivity contribution in [1.29, 1.82) is 0 Å². The van der Waals surface area contributed by atoms with Crippen LogP contribution < -0.4 is 10.9 Å². The van der Waals surface area contributed by atoms with E-state index < -0.39 is 0 Å². The Bertz CT molecular complexity index is 1170. The SMILES string of the molecule is Cc1cccc(Nc2nnc(SCc3nc4ccccc4c(=O)n3C)s2)c1. The van der Waals surface area contributed by atoms with Crippen LogP contribution >= 0.6 is 23.1 Å². The summed E-state index contributed by atoms with van der Waals surface area (Å²) < 4.78 is 2.43. The number of fused-ring (bicyclic) bond motifs is 1. The summed E-state index contributed by atoms with van der Waals surface area (Å²) in [5.74, 6) is 1.27. The van der Waals surface area contributed by atoms with Crippen molar-refractivity contribution in [1.82, 2.24) is 19.7 Å². The monoisotopic (exact) mass is 395 g/mol. The molecule has 0 spiro atoms. The fourth-order valence-corrected chi connectivity index (χ4v) is 4.44. The van der Waals surface area contributed by atoms with Gasteiger partial charge >= 0.3 is 0 Å². The van der Waals surface area contributed by atoms with Crippen LogP contribution in [-0.2, 0) is 12.8 Å². The highest BCUT2D eigenvalue weighted by atomic mass is 32.2. The third-order valence-electron chi connectivity index (χ3n) is 4.08. The fraction of sp³-hybridized carbons (Fsp3) is 0.158. The molecule has 0 amide bonds. The normalized spacial score (nSPS) is 11.0. The lowest BCUT2D eigenvalue weighted by Crippen LogP contribution is -2.21. The molecule has 0 saturated heterocycles. The molecule has 2 aromatic heterocycles. The van der Waals surface area contributed by atoms with Crippen molar-refractivity contribution in [2.75, 3.05) is 5.32 Å². The van der Waals surface area contributed by atoms with Crippen LogP contribution in [-0.4, -0.2) is 19.7 Å². The highest BCUT2D eigenvalue weighted by Gasteiger charge is 2.11. The Kier molecular flexibility index (Phi) is 4.91. The quantitative estimate of drug-likeness (QED) is 0.512. The molecule has 136 valence electrons. The summed E-state index contributed by atoms with van der Waals surface area (Å²) in [5.41, 5.74) is 2.86. The molecule has 0 aliphatic heterocycles. The van der Waals surface area contributed by atoms with Gasteiger partial charge in [-0.25, -0.2) is 4.98 Å². The van der Waals surface area contributed by atoms with E-state index in [1.165, 1.54) is 28.7 Å². The van der Waals surface area contributed by atoms with E-state index in [1.54, 1.807) is 17.7 Å². The van der Waals surface area contributed by atoms with E-state index in [9.17, 15) is 4.79 Å². The molecule has 4 rings (SSSR count). The van der Waals surface area contributed by atoms with Crippen LogP contribution in [0, 0.1) is 6.92 Å². The van der Waals surface area contributed by atoms with Crippen LogP contribution in [0.2, 0.25) is 0 Å². The van der Waals surface area contributed by atoms with E-state index in [4.69, 9.17) is 0 Å². The van der Waals surface area contributed by atoms with E-state index in [2.05, 4.69) is 26.6 Å². The third-order valence-corrected chi connectivity index (χ3v) is 6.04. The number of nitrogens with one attached hydrogen (secondary N) is 1. The van der Waals surface area contributed by atoms with Crippen LogP contribution in [0.1, 0.15) is 11.4 Å². The van der Waals surface area contributed by atoms with Crippen molar-refractivity contribution in [2.24, 2.45) is 7.05 Å². The van der Waals surface area contributed by atoms with E-state index >= 15 is 0 Å². The molecule has 2 heterocycles. The van der Waals surface area contributed by atoms with Gasteiger partial charge in [0.25, 0.3) is 5.56 Å². The highest BCUT2D eigenvalue weighted by Crippen LogP contribution is 2.29. The highest BCUT2D eigenvalue weighted by molar-refractivity contribution is 8.00. The zero-order valence-corrected chi connectivity index (χ0v) is 16.5. The number of thioether (sulfide) groups is 1. The van der Waals surface area contributed by atoms with Crippen molar-refractivity contribution in [3.05, 3.63) is 70.3 Å². The molecule has 0 fully saturated rings. The summed E-state index contributed by atoms with van der Waals surface area (Å²) in [4.78, 5) is 17.1. The van der Waals surface area contributed by atoms with Crippen LogP contribution in [0.3, 0.4) is 0 Å². The first kappa shape index (κ1) is 17.7. The maximum absolute atomic E-state index is 12.5.